The summed E-state index contributed by atoms with van der Waals surface area (Å²) in [6, 6.07) is 9.18. The SMILES string of the molecule is C[C@H](C(=O)Nc1cccnc1Cl)N1CCC(c2nnc3ccccn23)CC1. The molecule has 7 nitrogen and oxygen atoms in total. The highest BCUT2D eigenvalue weighted by molar-refractivity contribution is 6.32. The number of pyridine rings is 2. The number of nitrogens with zero attached hydrogens (tertiary/aromatic N) is 5. The standard InChI is InChI=1S/C19H21ClN6O/c1-13(19(27)22-15-5-4-9-21-17(15)20)25-11-7-14(8-12-25)18-24-23-16-6-2-3-10-26(16)18/h2-6,9-10,13-14H,7-8,11-12H2,1H3,(H,22,27)/t13-/m1/s1. The van der Waals surface area contributed by atoms with Crippen LogP contribution in [0.1, 0.15) is 31.5 Å². The summed E-state index contributed by atoms with van der Waals surface area (Å²) < 4.78 is 2.06. The zero-order chi connectivity index (χ0) is 18.8. The van der Waals surface area contributed by atoms with Crippen LogP contribution in [0.2, 0.25) is 5.15 Å². The molecule has 0 spiro atoms. The lowest BCUT2D eigenvalue weighted by atomic mass is 9.95. The van der Waals surface area contributed by atoms with Crippen LogP contribution in [-0.2, 0) is 4.79 Å². The van der Waals surface area contributed by atoms with Crippen molar-refractivity contribution in [3.05, 3.63) is 53.7 Å². The Morgan fingerprint density at radius 3 is 2.81 bits per heavy atom. The Kier molecular flexibility index (Phi) is 5.05. The molecule has 3 aromatic rings. The second-order valence-corrected chi connectivity index (χ2v) is 7.16. The molecule has 1 saturated heterocycles. The fourth-order valence-corrected chi connectivity index (χ4v) is 3.73. The van der Waals surface area contributed by atoms with Crippen LogP contribution in [0.3, 0.4) is 0 Å². The maximum absolute atomic E-state index is 12.6. The molecule has 4 rings (SSSR count). The molecule has 0 saturated carbocycles. The monoisotopic (exact) mass is 384 g/mol. The zero-order valence-corrected chi connectivity index (χ0v) is 15.8. The Hall–Kier alpha value is -2.51. The fourth-order valence-electron chi connectivity index (χ4n) is 3.57. The fraction of sp³-hybridized carbons (Fsp3) is 0.368. The van der Waals surface area contributed by atoms with E-state index in [0.717, 1.165) is 37.4 Å². The molecule has 1 aliphatic heterocycles. The summed E-state index contributed by atoms with van der Waals surface area (Å²) >= 11 is 6.03. The average molecular weight is 385 g/mol. The third-order valence-corrected chi connectivity index (χ3v) is 5.48. The van der Waals surface area contributed by atoms with E-state index >= 15 is 0 Å². The molecule has 0 radical (unpaired) electrons. The number of fused-ring (bicyclic) bond motifs is 1. The first-order chi connectivity index (χ1) is 13.1. The van der Waals surface area contributed by atoms with E-state index in [1.807, 2.05) is 31.3 Å². The number of piperidine rings is 1. The number of hydrogen-bond donors (Lipinski definition) is 1. The van der Waals surface area contributed by atoms with Crippen molar-refractivity contribution in [2.45, 2.75) is 31.7 Å². The van der Waals surface area contributed by atoms with Gasteiger partial charge in [0.05, 0.1) is 11.7 Å². The van der Waals surface area contributed by atoms with Crippen LogP contribution in [0.5, 0.6) is 0 Å². The van der Waals surface area contributed by atoms with E-state index in [1.165, 1.54) is 0 Å². The second-order valence-electron chi connectivity index (χ2n) is 6.80. The molecule has 1 atom stereocenters. The van der Waals surface area contributed by atoms with Gasteiger partial charge in [-0.2, -0.15) is 0 Å². The lowest BCUT2D eigenvalue weighted by Crippen LogP contribution is -2.46. The van der Waals surface area contributed by atoms with Gasteiger partial charge in [0.2, 0.25) is 5.91 Å². The molecule has 1 amide bonds. The van der Waals surface area contributed by atoms with Crippen molar-refractivity contribution in [2.24, 2.45) is 0 Å². The molecule has 0 aromatic carbocycles. The molecule has 0 aliphatic carbocycles. The van der Waals surface area contributed by atoms with Gasteiger partial charge in [-0.25, -0.2) is 4.98 Å². The maximum atomic E-state index is 12.6. The number of hydrogen-bond acceptors (Lipinski definition) is 5. The highest BCUT2D eigenvalue weighted by Gasteiger charge is 2.29. The van der Waals surface area contributed by atoms with E-state index in [9.17, 15) is 4.79 Å². The molecule has 8 heteroatoms. The second kappa shape index (κ2) is 7.62. The summed E-state index contributed by atoms with van der Waals surface area (Å²) in [6.45, 7) is 3.59. The lowest BCUT2D eigenvalue weighted by Gasteiger charge is -2.34. The molecule has 1 aliphatic rings. The molecule has 140 valence electrons. The lowest BCUT2D eigenvalue weighted by molar-refractivity contribution is -0.121. The van der Waals surface area contributed by atoms with Crippen LogP contribution < -0.4 is 5.32 Å². The number of anilines is 1. The predicted octanol–water partition coefficient (Wildman–Crippen LogP) is 2.98. The molecule has 4 heterocycles. The number of halogens is 1. The van der Waals surface area contributed by atoms with Gasteiger partial charge in [-0.05, 0) is 57.1 Å². The van der Waals surface area contributed by atoms with Crippen LogP contribution in [0.4, 0.5) is 5.69 Å². The Morgan fingerprint density at radius 2 is 2.04 bits per heavy atom. The number of rotatable bonds is 4. The predicted molar refractivity (Wildman–Crippen MR) is 104 cm³/mol. The van der Waals surface area contributed by atoms with Crippen LogP contribution in [0.25, 0.3) is 5.65 Å². The van der Waals surface area contributed by atoms with Gasteiger partial charge in [-0.1, -0.05) is 17.7 Å². The van der Waals surface area contributed by atoms with Crippen molar-refractivity contribution in [1.29, 1.82) is 0 Å². The van der Waals surface area contributed by atoms with Crippen molar-refractivity contribution in [1.82, 2.24) is 24.5 Å². The highest BCUT2D eigenvalue weighted by Crippen LogP contribution is 2.28. The van der Waals surface area contributed by atoms with Gasteiger partial charge >= 0.3 is 0 Å². The van der Waals surface area contributed by atoms with Crippen molar-refractivity contribution in [3.63, 3.8) is 0 Å². The molecular formula is C19H21ClN6O. The van der Waals surface area contributed by atoms with Crippen LogP contribution in [0, 0.1) is 0 Å². The Morgan fingerprint density at radius 1 is 1.22 bits per heavy atom. The zero-order valence-electron chi connectivity index (χ0n) is 15.0. The summed E-state index contributed by atoms with van der Waals surface area (Å²) in [6.07, 6.45) is 5.49. The summed E-state index contributed by atoms with van der Waals surface area (Å²) in [5.74, 6) is 1.28. The molecule has 0 unspecified atom stereocenters. The molecule has 3 aromatic heterocycles. The van der Waals surface area contributed by atoms with Crippen molar-refractivity contribution in [3.8, 4) is 0 Å². The quantitative estimate of drug-likeness (QED) is 0.700. The molecular weight excluding hydrogens is 364 g/mol. The summed E-state index contributed by atoms with van der Waals surface area (Å²) in [4.78, 5) is 18.8. The van der Waals surface area contributed by atoms with Crippen molar-refractivity contribution >= 4 is 28.8 Å². The number of carbonyl (C=O) groups is 1. The topological polar surface area (TPSA) is 75.4 Å². The summed E-state index contributed by atoms with van der Waals surface area (Å²) in [7, 11) is 0. The van der Waals surface area contributed by atoms with Crippen molar-refractivity contribution in [2.75, 3.05) is 18.4 Å². The Balaban J connectivity index is 1.38. The summed E-state index contributed by atoms with van der Waals surface area (Å²) in [5.41, 5.74) is 1.41. The summed E-state index contributed by atoms with van der Waals surface area (Å²) in [5, 5.41) is 11.8. The van der Waals surface area contributed by atoms with E-state index in [1.54, 1.807) is 18.3 Å². The molecule has 1 fully saturated rings. The first-order valence-corrected chi connectivity index (χ1v) is 9.46. The van der Waals surface area contributed by atoms with Crippen LogP contribution in [-0.4, -0.2) is 49.5 Å². The number of likely N-dealkylation sites (tertiary alicyclic amines) is 1. The third-order valence-electron chi connectivity index (χ3n) is 5.18. The minimum Gasteiger partial charge on any atom is -0.322 e. The molecule has 1 N–H and O–H groups in total. The van der Waals surface area contributed by atoms with E-state index < -0.39 is 0 Å². The van der Waals surface area contributed by atoms with E-state index in [-0.39, 0.29) is 11.9 Å². The largest absolute Gasteiger partial charge is 0.322 e. The van der Waals surface area contributed by atoms with Crippen molar-refractivity contribution < 1.29 is 4.79 Å². The number of carbonyl (C=O) groups excluding carboxylic acids is 1. The van der Waals surface area contributed by atoms with Gasteiger partial charge in [0.15, 0.2) is 10.8 Å². The smallest absolute Gasteiger partial charge is 0.241 e. The third kappa shape index (κ3) is 3.65. The normalized spacial score (nSPS) is 17.1. The van der Waals surface area contributed by atoms with Gasteiger partial charge in [0.1, 0.15) is 5.82 Å². The Bertz CT molecular complexity index is 950. The number of aromatic nitrogens is 4. The average Bonchev–Trinajstić information content (AvgIpc) is 3.13. The first-order valence-electron chi connectivity index (χ1n) is 9.08. The number of amides is 1. The first kappa shape index (κ1) is 17.9. The van der Waals surface area contributed by atoms with Gasteiger partial charge in [-0.3, -0.25) is 14.1 Å². The molecule has 0 bridgehead atoms. The Labute approximate surface area is 162 Å². The minimum absolute atomic E-state index is 0.0729. The van der Waals surface area contributed by atoms with E-state index in [0.29, 0.717) is 16.8 Å². The number of nitrogens with one attached hydrogen (secondary N) is 1. The maximum Gasteiger partial charge on any atom is 0.241 e. The van der Waals surface area contributed by atoms with Gasteiger partial charge in [-0.15, -0.1) is 10.2 Å². The van der Waals surface area contributed by atoms with E-state index in [2.05, 4.69) is 29.8 Å². The minimum atomic E-state index is -0.239. The van der Waals surface area contributed by atoms with Crippen LogP contribution in [0.15, 0.2) is 42.7 Å². The molecule has 27 heavy (non-hydrogen) atoms. The van der Waals surface area contributed by atoms with Gasteiger partial charge in [0.25, 0.3) is 0 Å². The van der Waals surface area contributed by atoms with Gasteiger partial charge < -0.3 is 5.32 Å². The van der Waals surface area contributed by atoms with Crippen LogP contribution >= 0.6 is 11.6 Å². The highest BCUT2D eigenvalue weighted by atomic mass is 35.5. The van der Waals surface area contributed by atoms with E-state index in [4.69, 9.17) is 11.6 Å². The van der Waals surface area contributed by atoms with Gasteiger partial charge in [0, 0.05) is 18.3 Å².